The summed E-state index contributed by atoms with van der Waals surface area (Å²) >= 11 is 5.92. The number of fused-ring (bicyclic) bond motifs is 1. The van der Waals surface area contributed by atoms with Gasteiger partial charge in [0, 0.05) is 22.4 Å². The number of halogens is 1. The molecular formula is C21H20ClNO4. The Hall–Kier alpha value is -2.79. The van der Waals surface area contributed by atoms with Crippen LogP contribution in [0.15, 0.2) is 42.5 Å². The number of carbonyl (C=O) groups is 2. The number of nitrogens with zero attached hydrogens (tertiary/aromatic N) is 1. The molecule has 0 saturated heterocycles. The van der Waals surface area contributed by atoms with Crippen molar-refractivity contribution in [2.24, 2.45) is 0 Å². The molecule has 0 bridgehead atoms. The van der Waals surface area contributed by atoms with Crippen LogP contribution >= 0.6 is 11.6 Å². The largest absolute Gasteiger partial charge is 0.497 e. The van der Waals surface area contributed by atoms with Gasteiger partial charge in [-0.1, -0.05) is 18.5 Å². The standard InChI is InChI=1S/C21H20ClNO4/c1-4-5-19(24)27-20-13(2)23(18-11-10-16(26-3)12-17(18)20)21(25)14-6-8-15(22)9-7-14/h6-12H,4-5H2,1-3H3. The lowest BCUT2D eigenvalue weighted by Gasteiger charge is -2.08. The van der Waals surface area contributed by atoms with Crippen LogP contribution < -0.4 is 9.47 Å². The first-order valence-electron chi connectivity index (χ1n) is 8.66. The third-order valence-electron chi connectivity index (χ3n) is 4.32. The van der Waals surface area contributed by atoms with E-state index in [1.54, 1.807) is 61.1 Å². The van der Waals surface area contributed by atoms with Crippen molar-refractivity contribution in [2.45, 2.75) is 26.7 Å². The predicted octanol–water partition coefficient (Wildman–Crippen LogP) is 5.01. The first-order valence-corrected chi connectivity index (χ1v) is 9.04. The molecule has 0 radical (unpaired) electrons. The molecule has 0 aliphatic carbocycles. The zero-order valence-corrected chi connectivity index (χ0v) is 16.2. The summed E-state index contributed by atoms with van der Waals surface area (Å²) in [6.07, 6.45) is 0.991. The summed E-state index contributed by atoms with van der Waals surface area (Å²) in [5.74, 6) is 0.439. The van der Waals surface area contributed by atoms with Gasteiger partial charge in [0.05, 0.1) is 18.3 Å². The number of esters is 1. The number of rotatable bonds is 5. The Morgan fingerprint density at radius 1 is 1.11 bits per heavy atom. The van der Waals surface area contributed by atoms with Gasteiger partial charge in [0.25, 0.3) is 5.91 Å². The quantitative estimate of drug-likeness (QED) is 0.579. The maximum absolute atomic E-state index is 13.1. The molecule has 0 aliphatic rings. The summed E-state index contributed by atoms with van der Waals surface area (Å²) in [6.45, 7) is 3.67. The first kappa shape index (κ1) is 19.0. The van der Waals surface area contributed by atoms with Gasteiger partial charge in [-0.2, -0.15) is 0 Å². The van der Waals surface area contributed by atoms with E-state index in [2.05, 4.69) is 0 Å². The van der Waals surface area contributed by atoms with Gasteiger partial charge in [-0.15, -0.1) is 0 Å². The van der Waals surface area contributed by atoms with Crippen LogP contribution in [-0.4, -0.2) is 23.6 Å². The van der Waals surface area contributed by atoms with Crippen molar-refractivity contribution in [1.82, 2.24) is 4.57 Å². The summed E-state index contributed by atoms with van der Waals surface area (Å²) in [7, 11) is 1.56. The molecule has 0 unspecified atom stereocenters. The molecule has 0 N–H and O–H groups in total. The predicted molar refractivity (Wildman–Crippen MR) is 105 cm³/mol. The van der Waals surface area contributed by atoms with Crippen molar-refractivity contribution in [2.75, 3.05) is 7.11 Å². The fourth-order valence-electron chi connectivity index (χ4n) is 2.98. The maximum atomic E-state index is 13.1. The van der Waals surface area contributed by atoms with Gasteiger partial charge in [-0.05, 0) is 55.8 Å². The number of benzene rings is 2. The Morgan fingerprint density at radius 2 is 1.81 bits per heavy atom. The molecule has 2 aromatic carbocycles. The molecule has 5 nitrogen and oxygen atoms in total. The van der Waals surface area contributed by atoms with E-state index in [1.165, 1.54) is 0 Å². The fraction of sp³-hybridized carbons (Fsp3) is 0.238. The van der Waals surface area contributed by atoms with Crippen LogP contribution in [0.5, 0.6) is 11.5 Å². The molecule has 3 aromatic rings. The molecule has 0 aliphatic heterocycles. The molecule has 27 heavy (non-hydrogen) atoms. The van der Waals surface area contributed by atoms with Crippen molar-refractivity contribution in [3.8, 4) is 11.5 Å². The van der Waals surface area contributed by atoms with Gasteiger partial charge < -0.3 is 9.47 Å². The first-order chi connectivity index (χ1) is 13.0. The van der Waals surface area contributed by atoms with Crippen LogP contribution in [0.25, 0.3) is 10.9 Å². The van der Waals surface area contributed by atoms with Crippen molar-refractivity contribution < 1.29 is 19.1 Å². The molecule has 1 aromatic heterocycles. The van der Waals surface area contributed by atoms with Gasteiger partial charge in [0.1, 0.15) is 5.75 Å². The van der Waals surface area contributed by atoms with Crippen LogP contribution in [0.3, 0.4) is 0 Å². The molecule has 140 valence electrons. The summed E-state index contributed by atoms with van der Waals surface area (Å²) in [5, 5.41) is 1.21. The van der Waals surface area contributed by atoms with E-state index < -0.39 is 0 Å². The summed E-state index contributed by atoms with van der Waals surface area (Å²) in [4.78, 5) is 25.2. The molecule has 3 rings (SSSR count). The third-order valence-corrected chi connectivity index (χ3v) is 4.57. The van der Waals surface area contributed by atoms with E-state index in [4.69, 9.17) is 21.1 Å². The van der Waals surface area contributed by atoms with Crippen LogP contribution in [0, 0.1) is 6.92 Å². The number of aromatic nitrogens is 1. The summed E-state index contributed by atoms with van der Waals surface area (Å²) in [6, 6.07) is 12.0. The van der Waals surface area contributed by atoms with Crippen LogP contribution in [0.4, 0.5) is 0 Å². The monoisotopic (exact) mass is 385 g/mol. The average Bonchev–Trinajstić information content (AvgIpc) is 2.93. The van der Waals surface area contributed by atoms with E-state index in [0.717, 1.165) is 0 Å². The lowest BCUT2D eigenvalue weighted by molar-refractivity contribution is -0.134. The van der Waals surface area contributed by atoms with Gasteiger partial charge in [0.2, 0.25) is 0 Å². The lowest BCUT2D eigenvalue weighted by atomic mass is 10.2. The number of ether oxygens (including phenoxy) is 2. The van der Waals surface area contributed by atoms with Crippen molar-refractivity contribution in [3.05, 3.63) is 58.7 Å². The van der Waals surface area contributed by atoms with Gasteiger partial charge in [-0.3, -0.25) is 14.2 Å². The van der Waals surface area contributed by atoms with Crippen molar-refractivity contribution in [1.29, 1.82) is 0 Å². The zero-order valence-electron chi connectivity index (χ0n) is 15.4. The lowest BCUT2D eigenvalue weighted by Crippen LogP contribution is -2.14. The third kappa shape index (κ3) is 3.69. The minimum absolute atomic E-state index is 0.225. The highest BCUT2D eigenvalue weighted by Gasteiger charge is 2.23. The molecule has 0 spiro atoms. The van der Waals surface area contributed by atoms with Gasteiger partial charge >= 0.3 is 5.97 Å². The van der Waals surface area contributed by atoms with Crippen molar-refractivity contribution in [3.63, 3.8) is 0 Å². The van der Waals surface area contributed by atoms with E-state index in [1.807, 2.05) is 6.92 Å². The number of hydrogen-bond acceptors (Lipinski definition) is 4. The van der Waals surface area contributed by atoms with Crippen LogP contribution in [0.1, 0.15) is 35.8 Å². The Morgan fingerprint density at radius 3 is 2.44 bits per heavy atom. The normalized spacial score (nSPS) is 10.8. The molecule has 0 atom stereocenters. The topological polar surface area (TPSA) is 57.5 Å². The van der Waals surface area contributed by atoms with Gasteiger partial charge in [-0.25, -0.2) is 0 Å². The van der Waals surface area contributed by atoms with Crippen molar-refractivity contribution >= 4 is 34.4 Å². The summed E-state index contributed by atoms with van der Waals surface area (Å²) < 4.78 is 12.4. The van der Waals surface area contributed by atoms with E-state index in [9.17, 15) is 9.59 Å². The highest BCUT2D eigenvalue weighted by molar-refractivity contribution is 6.30. The molecule has 6 heteroatoms. The fourth-order valence-corrected chi connectivity index (χ4v) is 3.10. The summed E-state index contributed by atoms with van der Waals surface area (Å²) in [5.41, 5.74) is 1.69. The molecule has 0 amide bonds. The van der Waals surface area contributed by atoms with Gasteiger partial charge in [0.15, 0.2) is 5.75 Å². The average molecular weight is 386 g/mol. The smallest absolute Gasteiger partial charge is 0.311 e. The molecule has 0 fully saturated rings. The highest BCUT2D eigenvalue weighted by atomic mass is 35.5. The number of carbonyl (C=O) groups excluding carboxylic acids is 2. The Kier molecular flexibility index (Phi) is 5.51. The van der Waals surface area contributed by atoms with E-state index in [0.29, 0.717) is 51.5 Å². The zero-order chi connectivity index (χ0) is 19.6. The highest BCUT2D eigenvalue weighted by Crippen LogP contribution is 2.36. The SMILES string of the molecule is CCCC(=O)Oc1c(C)n(C(=O)c2ccc(Cl)cc2)c2ccc(OC)cc12. The molecule has 0 saturated carbocycles. The Bertz CT molecular complexity index is 1010. The maximum Gasteiger partial charge on any atom is 0.311 e. The second kappa shape index (κ2) is 7.84. The Balaban J connectivity index is 2.17. The number of methoxy groups -OCH3 is 1. The number of hydrogen-bond donors (Lipinski definition) is 0. The van der Waals surface area contributed by atoms with E-state index in [-0.39, 0.29) is 11.9 Å². The Labute approximate surface area is 162 Å². The molecule has 1 heterocycles. The van der Waals surface area contributed by atoms with Crippen LogP contribution in [0.2, 0.25) is 5.02 Å². The van der Waals surface area contributed by atoms with Crippen LogP contribution in [-0.2, 0) is 4.79 Å². The second-order valence-corrected chi connectivity index (χ2v) is 6.61. The minimum atomic E-state index is -0.332. The second-order valence-electron chi connectivity index (χ2n) is 6.17. The minimum Gasteiger partial charge on any atom is -0.497 e. The molecular weight excluding hydrogens is 366 g/mol. The van der Waals surface area contributed by atoms with E-state index >= 15 is 0 Å².